The fourth-order valence-corrected chi connectivity index (χ4v) is 3.85. The van der Waals surface area contributed by atoms with E-state index in [0.29, 0.717) is 22.4 Å². The zero-order chi connectivity index (χ0) is 17.3. The second-order valence-corrected chi connectivity index (χ2v) is 7.38. The zero-order valence-corrected chi connectivity index (χ0v) is 14.9. The molecule has 0 radical (unpaired) electrons. The van der Waals surface area contributed by atoms with Gasteiger partial charge < -0.3 is 5.32 Å². The minimum atomic E-state index is -0.139. The molecule has 1 aromatic heterocycles. The molecule has 1 N–H and O–H groups in total. The average molecular weight is 343 g/mol. The molecule has 0 fully saturated rings. The molecule has 0 aliphatic carbocycles. The number of carbonyl (C=O) groups is 1. The molecule has 0 bridgehead atoms. The Morgan fingerprint density at radius 2 is 2.08 bits per heavy atom. The van der Waals surface area contributed by atoms with Gasteiger partial charge in [0, 0.05) is 29.6 Å². The first-order chi connectivity index (χ1) is 11.5. The molecule has 1 aromatic carbocycles. The molecule has 1 unspecified atom stereocenters. The Morgan fingerprint density at radius 1 is 1.38 bits per heavy atom. The van der Waals surface area contributed by atoms with E-state index < -0.39 is 0 Å². The van der Waals surface area contributed by atoms with Gasteiger partial charge in [0.25, 0.3) is 5.56 Å². The largest absolute Gasteiger partial charge is 0.326 e. The van der Waals surface area contributed by atoms with Crippen LogP contribution in [0.2, 0.25) is 0 Å². The predicted octanol–water partition coefficient (Wildman–Crippen LogP) is 3.35. The van der Waals surface area contributed by atoms with Gasteiger partial charge in [-0.15, -0.1) is 0 Å². The van der Waals surface area contributed by atoms with E-state index in [1.165, 1.54) is 17.3 Å². The Bertz CT molecular complexity index is 812. The zero-order valence-electron chi connectivity index (χ0n) is 14.1. The third kappa shape index (κ3) is 3.38. The van der Waals surface area contributed by atoms with Crippen molar-refractivity contribution in [2.24, 2.45) is 0 Å². The van der Waals surface area contributed by atoms with Gasteiger partial charge in [-0.05, 0) is 30.5 Å². The number of hydrogen-bond donors (Lipinski definition) is 1. The van der Waals surface area contributed by atoms with E-state index in [0.717, 1.165) is 5.69 Å². The highest BCUT2D eigenvalue weighted by Crippen LogP contribution is 2.32. The molecule has 1 atom stereocenters. The van der Waals surface area contributed by atoms with Gasteiger partial charge in [-0.1, -0.05) is 37.7 Å². The molecule has 0 saturated heterocycles. The Morgan fingerprint density at radius 3 is 2.75 bits per heavy atom. The predicted molar refractivity (Wildman–Crippen MR) is 96.8 cm³/mol. The first-order valence-corrected chi connectivity index (χ1v) is 9.05. The molecule has 1 amide bonds. The van der Waals surface area contributed by atoms with E-state index in [2.05, 4.69) is 24.1 Å². The van der Waals surface area contributed by atoms with Gasteiger partial charge in [0.15, 0.2) is 5.16 Å². The Labute approximate surface area is 145 Å². The fraction of sp³-hybridized carbons (Fsp3) is 0.389. The normalized spacial score (nSPS) is 16.2. The number of aryl methyl sites for hydroxylation is 1. The fourth-order valence-electron chi connectivity index (χ4n) is 2.75. The van der Waals surface area contributed by atoms with E-state index in [9.17, 15) is 9.59 Å². The van der Waals surface area contributed by atoms with Crippen LogP contribution in [0.4, 0.5) is 5.69 Å². The number of nitrogens with one attached hydrogen (secondary N) is 1. The van der Waals surface area contributed by atoms with Gasteiger partial charge in [0.05, 0.1) is 6.04 Å². The molecule has 1 aliphatic heterocycles. The van der Waals surface area contributed by atoms with Crippen molar-refractivity contribution in [1.29, 1.82) is 0 Å². The molecule has 126 valence electrons. The van der Waals surface area contributed by atoms with Crippen molar-refractivity contribution < 1.29 is 4.79 Å². The van der Waals surface area contributed by atoms with Gasteiger partial charge >= 0.3 is 0 Å². The van der Waals surface area contributed by atoms with Crippen molar-refractivity contribution >= 4 is 23.4 Å². The highest BCUT2D eigenvalue weighted by atomic mass is 32.2. The molecule has 1 aliphatic rings. The number of carbonyl (C=O) groups excluding carboxylic acids is 1. The van der Waals surface area contributed by atoms with Crippen LogP contribution in [0, 0.1) is 6.92 Å². The summed E-state index contributed by atoms with van der Waals surface area (Å²) in [5.41, 5.74) is 2.58. The standard InChI is InChI=1S/C18H21N3O2S/c1-11(2)13-4-6-14(7-5-13)20-16(22)8-15-10-24-18-19-9-12(3)17(23)21(15)18/h4-7,9,11,15H,8,10H2,1-3H3,(H,20,22). The summed E-state index contributed by atoms with van der Waals surface area (Å²) in [5.74, 6) is 1.08. The van der Waals surface area contributed by atoms with Gasteiger partial charge in [-0.3, -0.25) is 14.2 Å². The van der Waals surface area contributed by atoms with Crippen molar-refractivity contribution in [2.75, 3.05) is 11.1 Å². The van der Waals surface area contributed by atoms with E-state index in [1.54, 1.807) is 17.7 Å². The van der Waals surface area contributed by atoms with Crippen LogP contribution in [0.25, 0.3) is 0 Å². The van der Waals surface area contributed by atoms with Crippen LogP contribution in [-0.4, -0.2) is 21.2 Å². The van der Waals surface area contributed by atoms with Crippen molar-refractivity contribution in [1.82, 2.24) is 9.55 Å². The van der Waals surface area contributed by atoms with Crippen molar-refractivity contribution in [3.05, 3.63) is 51.9 Å². The topological polar surface area (TPSA) is 64.0 Å². The second-order valence-electron chi connectivity index (χ2n) is 6.39. The molecule has 0 saturated carbocycles. The number of anilines is 1. The lowest BCUT2D eigenvalue weighted by atomic mass is 10.0. The van der Waals surface area contributed by atoms with E-state index in [-0.39, 0.29) is 23.9 Å². The summed E-state index contributed by atoms with van der Waals surface area (Å²) >= 11 is 1.52. The maximum absolute atomic E-state index is 12.3. The lowest BCUT2D eigenvalue weighted by Gasteiger charge is -2.14. The van der Waals surface area contributed by atoms with Crippen LogP contribution in [0.15, 0.2) is 40.4 Å². The summed E-state index contributed by atoms with van der Waals surface area (Å²) in [6, 6.07) is 7.75. The van der Waals surface area contributed by atoms with Crippen LogP contribution in [0.1, 0.15) is 43.4 Å². The minimum Gasteiger partial charge on any atom is -0.326 e. The van der Waals surface area contributed by atoms with Crippen LogP contribution in [0.5, 0.6) is 0 Å². The molecule has 3 rings (SSSR count). The molecular weight excluding hydrogens is 322 g/mol. The Balaban J connectivity index is 1.69. The van der Waals surface area contributed by atoms with Crippen LogP contribution in [0.3, 0.4) is 0 Å². The van der Waals surface area contributed by atoms with Crippen molar-refractivity contribution in [2.45, 2.75) is 44.3 Å². The number of benzene rings is 1. The monoisotopic (exact) mass is 343 g/mol. The van der Waals surface area contributed by atoms with E-state index in [1.807, 2.05) is 24.3 Å². The Kier molecular flexibility index (Phi) is 4.76. The summed E-state index contributed by atoms with van der Waals surface area (Å²) in [6.45, 7) is 6.02. The summed E-state index contributed by atoms with van der Waals surface area (Å²) in [6.07, 6.45) is 1.87. The summed E-state index contributed by atoms with van der Waals surface area (Å²) < 4.78 is 1.65. The molecule has 24 heavy (non-hydrogen) atoms. The van der Waals surface area contributed by atoms with Gasteiger partial charge in [-0.25, -0.2) is 4.98 Å². The second kappa shape index (κ2) is 6.81. The maximum atomic E-state index is 12.3. The van der Waals surface area contributed by atoms with Crippen LogP contribution < -0.4 is 10.9 Å². The summed E-state index contributed by atoms with van der Waals surface area (Å²) in [7, 11) is 0. The molecule has 0 spiro atoms. The highest BCUT2D eigenvalue weighted by Gasteiger charge is 2.27. The lowest BCUT2D eigenvalue weighted by molar-refractivity contribution is -0.116. The van der Waals surface area contributed by atoms with Crippen molar-refractivity contribution in [3.63, 3.8) is 0 Å². The minimum absolute atomic E-state index is 0.0518. The number of nitrogens with zero attached hydrogens (tertiary/aromatic N) is 2. The maximum Gasteiger partial charge on any atom is 0.257 e. The Hall–Kier alpha value is -2.08. The number of aromatic nitrogens is 2. The smallest absolute Gasteiger partial charge is 0.257 e. The number of rotatable bonds is 4. The lowest BCUT2D eigenvalue weighted by Crippen LogP contribution is -2.28. The van der Waals surface area contributed by atoms with Gasteiger partial charge in [-0.2, -0.15) is 0 Å². The van der Waals surface area contributed by atoms with E-state index in [4.69, 9.17) is 0 Å². The summed E-state index contributed by atoms with van der Waals surface area (Å²) in [4.78, 5) is 28.9. The molecule has 6 heteroatoms. The molecule has 2 heterocycles. The first kappa shape index (κ1) is 16.8. The molecule has 5 nitrogen and oxygen atoms in total. The number of fused-ring (bicyclic) bond motifs is 1. The van der Waals surface area contributed by atoms with Crippen molar-refractivity contribution in [3.8, 4) is 0 Å². The van der Waals surface area contributed by atoms with Gasteiger partial charge in [0.2, 0.25) is 5.91 Å². The molecular formula is C18H21N3O2S. The van der Waals surface area contributed by atoms with Crippen LogP contribution >= 0.6 is 11.8 Å². The SMILES string of the molecule is Cc1cnc2n(c1=O)C(CC(=O)Nc1ccc(C(C)C)cc1)CS2. The highest BCUT2D eigenvalue weighted by molar-refractivity contribution is 7.99. The number of amides is 1. The quantitative estimate of drug-likeness (QED) is 0.865. The number of hydrogen-bond acceptors (Lipinski definition) is 4. The third-order valence-corrected chi connectivity index (χ3v) is 5.29. The molecule has 2 aromatic rings. The first-order valence-electron chi connectivity index (χ1n) is 8.06. The van der Waals surface area contributed by atoms with Crippen LogP contribution in [-0.2, 0) is 4.79 Å². The van der Waals surface area contributed by atoms with E-state index >= 15 is 0 Å². The summed E-state index contributed by atoms with van der Waals surface area (Å²) in [5, 5.41) is 3.61. The number of thioether (sulfide) groups is 1. The average Bonchev–Trinajstić information content (AvgIpc) is 2.95. The van der Waals surface area contributed by atoms with Gasteiger partial charge in [0.1, 0.15) is 0 Å². The third-order valence-electron chi connectivity index (χ3n) is 4.18.